The Morgan fingerprint density at radius 1 is 1.26 bits per heavy atom. The predicted molar refractivity (Wildman–Crippen MR) is 62.2 cm³/mol. The van der Waals surface area contributed by atoms with Crippen LogP contribution in [0.2, 0.25) is 0 Å². The van der Waals surface area contributed by atoms with E-state index in [1.165, 1.54) is 12.1 Å². The lowest BCUT2D eigenvalue weighted by molar-refractivity contribution is -0.385. The monoisotopic (exact) mass is 261 g/mol. The molecule has 0 fully saturated rings. The summed E-state index contributed by atoms with van der Waals surface area (Å²) in [5, 5.41) is 19.4. The lowest BCUT2D eigenvalue weighted by Gasteiger charge is -2.05. The van der Waals surface area contributed by atoms with Gasteiger partial charge in [0, 0.05) is 0 Å². The Morgan fingerprint density at radius 3 is 2.47 bits per heavy atom. The number of carbonyl (C=O) groups is 1. The number of carboxylic acids is 1. The van der Waals surface area contributed by atoms with Crippen LogP contribution in [0.1, 0.15) is 10.4 Å². The molecule has 1 aromatic heterocycles. The van der Waals surface area contributed by atoms with Gasteiger partial charge in [0.05, 0.1) is 4.92 Å². The van der Waals surface area contributed by atoms with Gasteiger partial charge in [-0.15, -0.1) is 0 Å². The summed E-state index contributed by atoms with van der Waals surface area (Å²) in [4.78, 5) is 28.0. The smallest absolute Gasteiger partial charge is 0.339 e. The van der Waals surface area contributed by atoms with E-state index in [0.717, 1.165) is 12.4 Å². The fourth-order valence-electron chi connectivity index (χ4n) is 1.29. The van der Waals surface area contributed by atoms with Crippen molar-refractivity contribution in [3.8, 4) is 11.8 Å². The lowest BCUT2D eigenvalue weighted by Crippen LogP contribution is -2.01. The summed E-state index contributed by atoms with van der Waals surface area (Å²) in [6, 6.07) is 5.77. The van der Waals surface area contributed by atoms with E-state index >= 15 is 0 Å². The average molecular weight is 261 g/mol. The number of nitrogens with zero attached hydrogens (tertiary/aromatic N) is 3. The van der Waals surface area contributed by atoms with E-state index in [1.54, 1.807) is 12.1 Å². The predicted octanol–water partition coefficient (Wildman–Crippen LogP) is 1.88. The second-order valence-electron chi connectivity index (χ2n) is 3.38. The first-order valence-electron chi connectivity index (χ1n) is 5.04. The van der Waals surface area contributed by atoms with E-state index in [0.29, 0.717) is 0 Å². The van der Waals surface area contributed by atoms with Gasteiger partial charge >= 0.3 is 17.7 Å². The molecule has 96 valence electrons. The van der Waals surface area contributed by atoms with Crippen LogP contribution in [0.3, 0.4) is 0 Å². The number of carboxylic acid groups (broad SMARTS) is 1. The highest BCUT2D eigenvalue weighted by Gasteiger charge is 2.13. The van der Waals surface area contributed by atoms with Crippen LogP contribution in [0.5, 0.6) is 11.8 Å². The Balaban J connectivity index is 2.26. The van der Waals surface area contributed by atoms with E-state index in [4.69, 9.17) is 9.84 Å². The molecule has 0 bridgehead atoms. The summed E-state index contributed by atoms with van der Waals surface area (Å²) < 4.78 is 5.18. The third-order valence-corrected chi connectivity index (χ3v) is 2.14. The van der Waals surface area contributed by atoms with E-state index in [9.17, 15) is 14.9 Å². The van der Waals surface area contributed by atoms with Gasteiger partial charge in [0.1, 0.15) is 23.7 Å². The van der Waals surface area contributed by atoms with Gasteiger partial charge in [-0.2, -0.15) is 9.97 Å². The minimum Gasteiger partial charge on any atom is -0.478 e. The van der Waals surface area contributed by atoms with Gasteiger partial charge in [-0.25, -0.2) is 4.79 Å². The van der Waals surface area contributed by atoms with Gasteiger partial charge in [0.15, 0.2) is 0 Å². The van der Waals surface area contributed by atoms with Crippen molar-refractivity contribution >= 4 is 11.7 Å². The summed E-state index contributed by atoms with van der Waals surface area (Å²) in [6.45, 7) is 0. The zero-order valence-corrected chi connectivity index (χ0v) is 9.39. The van der Waals surface area contributed by atoms with E-state index in [-0.39, 0.29) is 23.0 Å². The molecular formula is C11H7N3O5. The third-order valence-electron chi connectivity index (χ3n) is 2.14. The zero-order chi connectivity index (χ0) is 13.8. The van der Waals surface area contributed by atoms with Gasteiger partial charge < -0.3 is 9.84 Å². The molecule has 8 heteroatoms. The van der Waals surface area contributed by atoms with Gasteiger partial charge in [-0.1, -0.05) is 12.1 Å². The Kier molecular flexibility index (Phi) is 3.33. The molecule has 1 heterocycles. The van der Waals surface area contributed by atoms with Crippen LogP contribution in [0.15, 0.2) is 36.7 Å². The molecule has 2 aromatic rings. The molecule has 0 aliphatic heterocycles. The minimum absolute atomic E-state index is 0.0514. The van der Waals surface area contributed by atoms with Crippen LogP contribution in [0, 0.1) is 10.1 Å². The zero-order valence-electron chi connectivity index (χ0n) is 9.39. The van der Waals surface area contributed by atoms with Crippen molar-refractivity contribution in [3.05, 3.63) is 52.3 Å². The maximum absolute atomic E-state index is 10.9. The molecule has 0 aliphatic rings. The maximum atomic E-state index is 10.9. The first-order valence-corrected chi connectivity index (χ1v) is 5.04. The van der Waals surface area contributed by atoms with Crippen molar-refractivity contribution in [1.29, 1.82) is 0 Å². The summed E-state index contributed by atoms with van der Waals surface area (Å²) in [7, 11) is 0. The number of rotatable bonds is 4. The summed E-state index contributed by atoms with van der Waals surface area (Å²) in [5.74, 6) is -1.10. The molecular weight excluding hydrogens is 254 g/mol. The summed E-state index contributed by atoms with van der Waals surface area (Å²) >= 11 is 0. The topological polar surface area (TPSA) is 115 Å². The number of aromatic carboxylic acids is 1. The summed E-state index contributed by atoms with van der Waals surface area (Å²) in [5.41, 5.74) is -0.330. The first kappa shape index (κ1) is 12.4. The van der Waals surface area contributed by atoms with Crippen LogP contribution in [0.25, 0.3) is 0 Å². The SMILES string of the molecule is O=C(O)c1ccccc1Oc1ncc([N+](=O)[O-])cn1. The van der Waals surface area contributed by atoms with Crippen molar-refractivity contribution in [1.82, 2.24) is 9.97 Å². The average Bonchev–Trinajstić information content (AvgIpc) is 2.39. The van der Waals surface area contributed by atoms with E-state index in [1.807, 2.05) is 0 Å². The number of hydrogen-bond donors (Lipinski definition) is 1. The van der Waals surface area contributed by atoms with Crippen LogP contribution in [0.4, 0.5) is 5.69 Å². The maximum Gasteiger partial charge on any atom is 0.339 e. The molecule has 19 heavy (non-hydrogen) atoms. The minimum atomic E-state index is -1.16. The van der Waals surface area contributed by atoms with Crippen LogP contribution in [-0.2, 0) is 0 Å². The highest BCUT2D eigenvalue weighted by atomic mass is 16.6. The molecule has 0 aliphatic carbocycles. The molecule has 0 radical (unpaired) electrons. The van der Waals surface area contributed by atoms with Gasteiger partial charge in [0.25, 0.3) is 0 Å². The molecule has 1 aromatic carbocycles. The van der Waals surface area contributed by atoms with Crippen molar-refractivity contribution in [2.24, 2.45) is 0 Å². The molecule has 0 amide bonds. The fourth-order valence-corrected chi connectivity index (χ4v) is 1.29. The second-order valence-corrected chi connectivity index (χ2v) is 3.38. The number of para-hydroxylation sites is 1. The van der Waals surface area contributed by atoms with Gasteiger partial charge in [-0.05, 0) is 12.1 Å². The Hall–Kier alpha value is -3.03. The molecule has 1 N–H and O–H groups in total. The number of aromatic nitrogens is 2. The third kappa shape index (κ3) is 2.80. The molecule has 0 atom stereocenters. The molecule has 0 unspecified atom stereocenters. The van der Waals surface area contributed by atoms with Crippen LogP contribution >= 0.6 is 0 Å². The molecule has 0 saturated heterocycles. The van der Waals surface area contributed by atoms with Gasteiger partial charge in [-0.3, -0.25) is 10.1 Å². The quantitative estimate of drug-likeness (QED) is 0.659. The Bertz CT molecular complexity index is 626. The van der Waals surface area contributed by atoms with E-state index in [2.05, 4.69) is 9.97 Å². The van der Waals surface area contributed by atoms with Crippen LogP contribution in [-0.4, -0.2) is 26.0 Å². The van der Waals surface area contributed by atoms with E-state index < -0.39 is 10.9 Å². The number of benzene rings is 1. The molecule has 0 saturated carbocycles. The number of hydrogen-bond acceptors (Lipinski definition) is 6. The first-order chi connectivity index (χ1) is 9.08. The largest absolute Gasteiger partial charge is 0.478 e. The summed E-state index contributed by atoms with van der Waals surface area (Å²) in [6.07, 6.45) is 1.96. The Morgan fingerprint density at radius 2 is 1.89 bits per heavy atom. The number of nitro groups is 1. The Labute approximate surface area is 106 Å². The fraction of sp³-hybridized carbons (Fsp3) is 0. The molecule has 8 nitrogen and oxygen atoms in total. The lowest BCUT2D eigenvalue weighted by atomic mass is 10.2. The van der Waals surface area contributed by atoms with Crippen molar-refractivity contribution < 1.29 is 19.6 Å². The van der Waals surface area contributed by atoms with Crippen molar-refractivity contribution in [3.63, 3.8) is 0 Å². The van der Waals surface area contributed by atoms with Crippen molar-refractivity contribution in [2.75, 3.05) is 0 Å². The van der Waals surface area contributed by atoms with Gasteiger partial charge in [0.2, 0.25) is 0 Å². The molecule has 2 rings (SSSR count). The highest BCUT2D eigenvalue weighted by Crippen LogP contribution is 2.23. The van der Waals surface area contributed by atoms with Crippen molar-refractivity contribution in [2.45, 2.75) is 0 Å². The molecule has 0 spiro atoms. The normalized spacial score (nSPS) is 9.89. The highest BCUT2D eigenvalue weighted by molar-refractivity contribution is 5.90. The standard InChI is InChI=1S/C11H7N3O5/c15-10(16)8-3-1-2-4-9(8)19-11-12-5-7(6-13-11)14(17)18/h1-6H,(H,15,16). The number of ether oxygens (including phenoxy) is 1. The van der Waals surface area contributed by atoms with Crippen LogP contribution < -0.4 is 4.74 Å². The second kappa shape index (κ2) is 5.08.